The standard InChI is InChI=1S/C13H15F4NO/c14-11-4-3-8(6-10(11)13(15,16)17)12(18)7-9-2-1-5-19-9/h3-4,6,9,12H,1-2,5,7,18H2. The maximum Gasteiger partial charge on any atom is 0.419 e. The van der Waals surface area contributed by atoms with Crippen LogP contribution in [-0.4, -0.2) is 12.7 Å². The van der Waals surface area contributed by atoms with Crippen LogP contribution in [0.25, 0.3) is 0 Å². The van der Waals surface area contributed by atoms with Gasteiger partial charge in [-0.25, -0.2) is 4.39 Å². The average molecular weight is 277 g/mol. The van der Waals surface area contributed by atoms with Crippen molar-refractivity contribution in [3.63, 3.8) is 0 Å². The molecule has 2 nitrogen and oxygen atoms in total. The Morgan fingerprint density at radius 3 is 2.68 bits per heavy atom. The van der Waals surface area contributed by atoms with Gasteiger partial charge in [-0.3, -0.25) is 0 Å². The lowest BCUT2D eigenvalue weighted by Gasteiger charge is -2.18. The first-order valence-corrected chi connectivity index (χ1v) is 6.12. The van der Waals surface area contributed by atoms with Crippen LogP contribution >= 0.6 is 0 Å². The van der Waals surface area contributed by atoms with Crippen molar-refractivity contribution < 1.29 is 22.3 Å². The fraction of sp³-hybridized carbons (Fsp3) is 0.538. The summed E-state index contributed by atoms with van der Waals surface area (Å²) in [5.41, 5.74) is 4.88. The lowest BCUT2D eigenvalue weighted by Crippen LogP contribution is -2.19. The minimum Gasteiger partial charge on any atom is -0.378 e. The average Bonchev–Trinajstić information content (AvgIpc) is 2.80. The fourth-order valence-corrected chi connectivity index (χ4v) is 2.24. The van der Waals surface area contributed by atoms with Crippen molar-refractivity contribution in [2.45, 2.75) is 37.6 Å². The molecule has 106 valence electrons. The second kappa shape index (κ2) is 5.46. The van der Waals surface area contributed by atoms with Crippen LogP contribution in [0.5, 0.6) is 0 Å². The zero-order valence-corrected chi connectivity index (χ0v) is 10.2. The van der Waals surface area contributed by atoms with E-state index in [4.69, 9.17) is 10.5 Å². The van der Waals surface area contributed by atoms with E-state index in [1.54, 1.807) is 0 Å². The van der Waals surface area contributed by atoms with E-state index in [9.17, 15) is 17.6 Å². The lowest BCUT2D eigenvalue weighted by atomic mass is 9.98. The van der Waals surface area contributed by atoms with Gasteiger partial charge < -0.3 is 10.5 Å². The van der Waals surface area contributed by atoms with Crippen molar-refractivity contribution in [2.75, 3.05) is 6.61 Å². The van der Waals surface area contributed by atoms with Gasteiger partial charge in [0.1, 0.15) is 5.82 Å². The van der Waals surface area contributed by atoms with Gasteiger partial charge in [-0.05, 0) is 37.0 Å². The number of rotatable bonds is 3. The predicted molar refractivity (Wildman–Crippen MR) is 61.9 cm³/mol. The number of ether oxygens (including phenoxy) is 1. The molecular weight excluding hydrogens is 262 g/mol. The summed E-state index contributed by atoms with van der Waals surface area (Å²) in [6.07, 6.45) is -2.48. The summed E-state index contributed by atoms with van der Waals surface area (Å²) in [5, 5.41) is 0. The zero-order chi connectivity index (χ0) is 14.0. The summed E-state index contributed by atoms with van der Waals surface area (Å²) >= 11 is 0. The van der Waals surface area contributed by atoms with Gasteiger partial charge in [0.2, 0.25) is 0 Å². The molecule has 2 N–H and O–H groups in total. The molecule has 1 aromatic rings. The molecule has 6 heteroatoms. The molecule has 0 spiro atoms. The van der Waals surface area contributed by atoms with E-state index >= 15 is 0 Å². The second-order valence-electron chi connectivity index (χ2n) is 4.71. The smallest absolute Gasteiger partial charge is 0.378 e. The van der Waals surface area contributed by atoms with Crippen LogP contribution in [-0.2, 0) is 10.9 Å². The molecule has 0 radical (unpaired) electrons. The highest BCUT2D eigenvalue weighted by Crippen LogP contribution is 2.33. The second-order valence-corrected chi connectivity index (χ2v) is 4.71. The Hall–Kier alpha value is -1.14. The van der Waals surface area contributed by atoms with Crippen LogP contribution < -0.4 is 5.73 Å². The zero-order valence-electron chi connectivity index (χ0n) is 10.2. The van der Waals surface area contributed by atoms with E-state index in [-0.39, 0.29) is 11.7 Å². The van der Waals surface area contributed by atoms with E-state index in [2.05, 4.69) is 0 Å². The van der Waals surface area contributed by atoms with Gasteiger partial charge in [-0.1, -0.05) is 6.07 Å². The van der Waals surface area contributed by atoms with Gasteiger partial charge in [0.05, 0.1) is 11.7 Å². The van der Waals surface area contributed by atoms with Crippen LogP contribution in [0.15, 0.2) is 18.2 Å². The first kappa shape index (κ1) is 14.3. The number of halogens is 4. The van der Waals surface area contributed by atoms with E-state index in [1.807, 2.05) is 0 Å². The summed E-state index contributed by atoms with van der Waals surface area (Å²) in [6, 6.07) is 2.32. The summed E-state index contributed by atoms with van der Waals surface area (Å²) in [7, 11) is 0. The van der Waals surface area contributed by atoms with E-state index < -0.39 is 23.6 Å². The highest BCUT2D eigenvalue weighted by atomic mass is 19.4. The maximum absolute atomic E-state index is 13.1. The first-order valence-electron chi connectivity index (χ1n) is 6.12. The molecule has 1 heterocycles. The topological polar surface area (TPSA) is 35.2 Å². The summed E-state index contributed by atoms with van der Waals surface area (Å²) < 4.78 is 56.3. The van der Waals surface area contributed by atoms with Crippen molar-refractivity contribution in [2.24, 2.45) is 5.73 Å². The Kier molecular flexibility index (Phi) is 4.10. The largest absolute Gasteiger partial charge is 0.419 e. The van der Waals surface area contributed by atoms with Gasteiger partial charge in [0.25, 0.3) is 0 Å². The third kappa shape index (κ3) is 3.45. The maximum atomic E-state index is 13.1. The van der Waals surface area contributed by atoms with Crippen LogP contribution in [0.2, 0.25) is 0 Å². The predicted octanol–water partition coefficient (Wildman–Crippen LogP) is 3.41. The number of hydrogen-bond donors (Lipinski definition) is 1. The highest BCUT2D eigenvalue weighted by molar-refractivity contribution is 5.29. The van der Waals surface area contributed by atoms with Gasteiger partial charge in [-0.2, -0.15) is 13.2 Å². The van der Waals surface area contributed by atoms with E-state index in [0.717, 1.165) is 25.0 Å². The molecule has 1 aliphatic heterocycles. The van der Waals surface area contributed by atoms with Gasteiger partial charge in [-0.15, -0.1) is 0 Å². The van der Waals surface area contributed by atoms with Crippen LogP contribution in [0.1, 0.15) is 36.4 Å². The quantitative estimate of drug-likeness (QED) is 0.859. The van der Waals surface area contributed by atoms with Crippen molar-refractivity contribution in [1.82, 2.24) is 0 Å². The molecule has 2 rings (SSSR count). The van der Waals surface area contributed by atoms with Crippen molar-refractivity contribution in [3.05, 3.63) is 35.1 Å². The molecule has 0 bridgehead atoms. The molecule has 1 aromatic carbocycles. The van der Waals surface area contributed by atoms with Crippen LogP contribution in [0, 0.1) is 5.82 Å². The van der Waals surface area contributed by atoms with Crippen molar-refractivity contribution >= 4 is 0 Å². The van der Waals surface area contributed by atoms with E-state index in [0.29, 0.717) is 13.0 Å². The molecule has 0 saturated carbocycles. The molecule has 2 atom stereocenters. The minimum absolute atomic E-state index is 0.0191. The number of nitrogens with two attached hydrogens (primary N) is 1. The third-order valence-electron chi connectivity index (χ3n) is 3.26. The Labute approximate surface area is 108 Å². The molecular formula is C13H15F4NO. The molecule has 0 aliphatic carbocycles. The molecule has 19 heavy (non-hydrogen) atoms. The molecule has 0 amide bonds. The van der Waals surface area contributed by atoms with Crippen molar-refractivity contribution in [1.29, 1.82) is 0 Å². The fourth-order valence-electron chi connectivity index (χ4n) is 2.24. The van der Waals surface area contributed by atoms with Gasteiger partial charge in [0, 0.05) is 12.6 Å². The Balaban J connectivity index is 2.15. The number of alkyl halides is 3. The molecule has 2 unspecified atom stereocenters. The van der Waals surface area contributed by atoms with E-state index in [1.165, 1.54) is 6.07 Å². The summed E-state index contributed by atoms with van der Waals surface area (Å²) in [4.78, 5) is 0. The van der Waals surface area contributed by atoms with Crippen LogP contribution in [0.3, 0.4) is 0 Å². The first-order chi connectivity index (χ1) is 8.88. The number of benzene rings is 1. The summed E-state index contributed by atoms with van der Waals surface area (Å²) in [5.74, 6) is -1.28. The molecule has 1 saturated heterocycles. The van der Waals surface area contributed by atoms with Gasteiger partial charge >= 0.3 is 6.18 Å². The van der Waals surface area contributed by atoms with Crippen molar-refractivity contribution in [3.8, 4) is 0 Å². The molecule has 0 aromatic heterocycles. The van der Waals surface area contributed by atoms with Crippen LogP contribution in [0.4, 0.5) is 17.6 Å². The van der Waals surface area contributed by atoms with Gasteiger partial charge in [0.15, 0.2) is 0 Å². The highest BCUT2D eigenvalue weighted by Gasteiger charge is 2.34. The Bertz CT molecular complexity index is 441. The summed E-state index contributed by atoms with van der Waals surface area (Å²) in [6.45, 7) is 0.661. The number of hydrogen-bond acceptors (Lipinski definition) is 2. The lowest BCUT2D eigenvalue weighted by molar-refractivity contribution is -0.140. The third-order valence-corrected chi connectivity index (χ3v) is 3.26. The Morgan fingerprint density at radius 2 is 2.11 bits per heavy atom. The normalized spacial score (nSPS) is 21.6. The SMILES string of the molecule is NC(CC1CCCO1)c1ccc(F)c(C(F)(F)F)c1. The Morgan fingerprint density at radius 1 is 1.37 bits per heavy atom. The minimum atomic E-state index is -4.70. The molecule has 1 fully saturated rings. The molecule has 1 aliphatic rings. The monoisotopic (exact) mass is 277 g/mol.